The molecular formula is C32H43N3O7. The molecule has 0 radical (unpaired) electrons. The molecule has 0 unspecified atom stereocenters. The number of hydrogen-bond donors (Lipinski definition) is 2. The fraction of sp³-hybridized carbons (Fsp3) is 0.531. The third-order valence-corrected chi connectivity index (χ3v) is 7.17. The monoisotopic (exact) mass is 581 g/mol. The molecule has 0 aliphatic carbocycles. The fourth-order valence-electron chi connectivity index (χ4n) is 5.11. The number of benzene rings is 2. The maximum Gasteiger partial charge on any atom is 0.306 e. The molecule has 4 rings (SSSR count). The van der Waals surface area contributed by atoms with Crippen molar-refractivity contribution in [1.82, 2.24) is 10.4 Å². The molecule has 2 aliphatic rings. The van der Waals surface area contributed by atoms with Gasteiger partial charge in [-0.15, -0.1) is 0 Å². The van der Waals surface area contributed by atoms with Crippen LogP contribution in [-0.2, 0) is 19.1 Å². The second-order valence-corrected chi connectivity index (χ2v) is 11.6. The Morgan fingerprint density at radius 2 is 1.83 bits per heavy atom. The van der Waals surface area contributed by atoms with Gasteiger partial charge in [-0.1, -0.05) is 18.6 Å². The molecule has 1 amide bonds. The zero-order valence-electron chi connectivity index (χ0n) is 25.1. The van der Waals surface area contributed by atoms with Crippen LogP contribution >= 0.6 is 0 Å². The molecule has 0 spiro atoms. The first-order chi connectivity index (χ1) is 20.1. The van der Waals surface area contributed by atoms with Crippen molar-refractivity contribution in [1.29, 1.82) is 0 Å². The molecule has 2 aromatic rings. The molecule has 2 atom stereocenters. The molecule has 42 heavy (non-hydrogen) atoms. The van der Waals surface area contributed by atoms with Crippen LogP contribution in [0.4, 0.5) is 0 Å². The zero-order valence-corrected chi connectivity index (χ0v) is 25.1. The van der Waals surface area contributed by atoms with Gasteiger partial charge in [-0.05, 0) is 82.0 Å². The van der Waals surface area contributed by atoms with E-state index in [1.165, 1.54) is 0 Å². The largest absolute Gasteiger partial charge is 0.497 e. The Morgan fingerprint density at radius 1 is 1.10 bits per heavy atom. The first kappa shape index (κ1) is 31.3. The van der Waals surface area contributed by atoms with Crippen LogP contribution in [0.2, 0.25) is 0 Å². The van der Waals surface area contributed by atoms with E-state index < -0.39 is 23.2 Å². The third-order valence-electron chi connectivity index (χ3n) is 7.17. The molecule has 0 aromatic heterocycles. The lowest BCUT2D eigenvalue weighted by Gasteiger charge is -2.34. The first-order valence-corrected chi connectivity index (χ1v) is 14.7. The Labute approximate surface area is 248 Å². The van der Waals surface area contributed by atoms with Gasteiger partial charge in [-0.3, -0.25) is 15.0 Å². The van der Waals surface area contributed by atoms with E-state index in [-0.39, 0.29) is 25.4 Å². The van der Waals surface area contributed by atoms with E-state index in [0.717, 1.165) is 32.4 Å². The molecule has 10 heteroatoms. The van der Waals surface area contributed by atoms with Gasteiger partial charge in [0, 0.05) is 38.1 Å². The minimum absolute atomic E-state index is 0.0249. The second kappa shape index (κ2) is 14.0. The Bertz CT molecular complexity index is 1240. The topological polar surface area (TPSA) is 119 Å². The molecule has 1 fully saturated rings. The lowest BCUT2D eigenvalue weighted by molar-refractivity contribution is -0.155. The summed E-state index contributed by atoms with van der Waals surface area (Å²) in [6.45, 7) is 7.38. The molecule has 2 aromatic carbocycles. The lowest BCUT2D eigenvalue weighted by Crippen LogP contribution is -2.55. The molecule has 2 N–H and O–H groups in total. The van der Waals surface area contributed by atoms with Crippen LogP contribution in [0.3, 0.4) is 0 Å². The lowest BCUT2D eigenvalue weighted by atomic mass is 9.83. The van der Waals surface area contributed by atoms with E-state index in [2.05, 4.69) is 5.43 Å². The summed E-state index contributed by atoms with van der Waals surface area (Å²) in [5, 5.41) is 11.0. The second-order valence-electron chi connectivity index (χ2n) is 11.6. The number of hydrazine groups is 1. The number of nitrogens with zero attached hydrogens (tertiary/aromatic N) is 2. The van der Waals surface area contributed by atoms with E-state index in [1.807, 2.05) is 62.2 Å². The van der Waals surface area contributed by atoms with E-state index >= 15 is 0 Å². The van der Waals surface area contributed by atoms with Crippen LogP contribution in [0, 0.1) is 0 Å². The SMILES string of the molecule is COc1cccc([C@@H]2OC(c3ccc(OCCCO)cc3)=N[C@]2(CCC(=O)OC(C)(C)C)C(=O)NN2CCCCC2)c1. The number of carbonyl (C=O) groups excluding carboxylic acids is 2. The van der Waals surface area contributed by atoms with Crippen molar-refractivity contribution >= 4 is 17.8 Å². The van der Waals surface area contributed by atoms with Gasteiger partial charge in [-0.2, -0.15) is 0 Å². The van der Waals surface area contributed by atoms with Crippen molar-refractivity contribution < 1.29 is 33.6 Å². The van der Waals surface area contributed by atoms with Crippen molar-refractivity contribution in [2.45, 2.75) is 76.5 Å². The summed E-state index contributed by atoms with van der Waals surface area (Å²) < 4.78 is 23.3. The van der Waals surface area contributed by atoms with Crippen molar-refractivity contribution in [3.8, 4) is 11.5 Å². The van der Waals surface area contributed by atoms with E-state index in [1.54, 1.807) is 19.2 Å². The molecular weight excluding hydrogens is 538 g/mol. The van der Waals surface area contributed by atoms with Crippen molar-refractivity contribution in [2.24, 2.45) is 4.99 Å². The predicted molar refractivity (Wildman–Crippen MR) is 158 cm³/mol. The Balaban J connectivity index is 1.72. The van der Waals surface area contributed by atoms with Crippen molar-refractivity contribution in [2.75, 3.05) is 33.4 Å². The average Bonchev–Trinajstić information content (AvgIpc) is 3.37. The number of aliphatic hydroxyl groups is 1. The highest BCUT2D eigenvalue weighted by molar-refractivity contribution is 6.01. The normalized spacial score (nSPS) is 20.8. The third kappa shape index (κ3) is 8.01. The van der Waals surface area contributed by atoms with E-state index in [0.29, 0.717) is 41.6 Å². The molecule has 1 saturated heterocycles. The van der Waals surface area contributed by atoms with Crippen LogP contribution in [0.15, 0.2) is 53.5 Å². The number of ether oxygens (including phenoxy) is 4. The van der Waals surface area contributed by atoms with Crippen LogP contribution in [0.5, 0.6) is 11.5 Å². The fourth-order valence-corrected chi connectivity index (χ4v) is 5.11. The van der Waals surface area contributed by atoms with Gasteiger partial charge in [0.05, 0.1) is 13.7 Å². The minimum Gasteiger partial charge on any atom is -0.497 e. The highest BCUT2D eigenvalue weighted by atomic mass is 16.6. The summed E-state index contributed by atoms with van der Waals surface area (Å²) in [6.07, 6.45) is 2.86. The minimum atomic E-state index is -1.45. The van der Waals surface area contributed by atoms with Crippen LogP contribution < -0.4 is 14.9 Å². The highest BCUT2D eigenvalue weighted by Crippen LogP contribution is 2.44. The smallest absolute Gasteiger partial charge is 0.306 e. The molecule has 228 valence electrons. The average molecular weight is 582 g/mol. The van der Waals surface area contributed by atoms with Gasteiger partial charge in [0.25, 0.3) is 5.91 Å². The van der Waals surface area contributed by atoms with Gasteiger partial charge < -0.3 is 24.1 Å². The number of amides is 1. The van der Waals surface area contributed by atoms with Gasteiger partial charge in [0.2, 0.25) is 5.90 Å². The molecule has 0 saturated carbocycles. The van der Waals surface area contributed by atoms with Gasteiger partial charge in [0.15, 0.2) is 11.6 Å². The number of esters is 1. The van der Waals surface area contributed by atoms with E-state index in [4.69, 9.17) is 29.0 Å². The number of methoxy groups -OCH3 is 1. The standard InChI is InChI=1S/C32H43N3O7/c1-31(2,3)42-27(37)16-17-32(30(38)34-35-18-6-5-7-19-35)28(24-10-8-11-26(22-24)39-4)41-29(33-32)23-12-14-25(15-13-23)40-21-9-20-36/h8,10-15,22,28,36H,5-7,9,16-21H2,1-4H3,(H,34,38)/t28-,32-/m0/s1. The highest BCUT2D eigenvalue weighted by Gasteiger charge is 2.54. The Hall–Kier alpha value is -3.63. The predicted octanol–water partition coefficient (Wildman–Crippen LogP) is 4.35. The summed E-state index contributed by atoms with van der Waals surface area (Å²) in [5.41, 5.74) is 2.36. The Kier molecular flexibility index (Phi) is 10.5. The van der Waals surface area contributed by atoms with E-state index in [9.17, 15) is 9.59 Å². The molecule has 10 nitrogen and oxygen atoms in total. The number of hydrogen-bond acceptors (Lipinski definition) is 9. The summed E-state index contributed by atoms with van der Waals surface area (Å²) in [6, 6.07) is 14.6. The molecule has 2 heterocycles. The van der Waals surface area contributed by atoms with Crippen molar-refractivity contribution in [3.05, 3.63) is 59.7 Å². The number of aliphatic imine (C=N–C) groups is 1. The summed E-state index contributed by atoms with van der Waals surface area (Å²) >= 11 is 0. The van der Waals surface area contributed by atoms with Crippen LogP contribution in [0.1, 0.15) is 76.5 Å². The van der Waals surface area contributed by atoms with Crippen LogP contribution in [0.25, 0.3) is 0 Å². The summed E-state index contributed by atoms with van der Waals surface area (Å²) in [5.74, 6) is 0.813. The number of nitrogens with one attached hydrogen (secondary N) is 1. The first-order valence-electron chi connectivity index (χ1n) is 14.7. The van der Waals surface area contributed by atoms with Gasteiger partial charge in [0.1, 0.15) is 17.1 Å². The number of piperidine rings is 1. The van der Waals surface area contributed by atoms with Gasteiger partial charge in [-0.25, -0.2) is 10.0 Å². The number of rotatable bonds is 12. The summed E-state index contributed by atoms with van der Waals surface area (Å²) in [4.78, 5) is 32.2. The van der Waals surface area contributed by atoms with Crippen LogP contribution in [-0.4, -0.2) is 72.4 Å². The zero-order chi connectivity index (χ0) is 30.2. The number of aliphatic hydroxyl groups excluding tert-OH is 1. The van der Waals surface area contributed by atoms with Gasteiger partial charge >= 0.3 is 5.97 Å². The maximum atomic E-state index is 14.3. The quantitative estimate of drug-likeness (QED) is 0.281. The maximum absolute atomic E-state index is 14.3. The number of carbonyl (C=O) groups is 2. The molecule has 0 bridgehead atoms. The Morgan fingerprint density at radius 3 is 2.50 bits per heavy atom. The summed E-state index contributed by atoms with van der Waals surface area (Å²) in [7, 11) is 1.58. The van der Waals surface area contributed by atoms with Crippen molar-refractivity contribution in [3.63, 3.8) is 0 Å². The molecule has 2 aliphatic heterocycles.